The van der Waals surface area contributed by atoms with E-state index in [1.165, 1.54) is 0 Å². The van der Waals surface area contributed by atoms with Crippen LogP contribution in [0.3, 0.4) is 0 Å². The molecule has 0 atom stereocenters. The molecular weight excluding hydrogens is 341 g/mol. The van der Waals surface area contributed by atoms with Crippen molar-refractivity contribution in [3.05, 3.63) is 58.1 Å². The largest absolute Gasteiger partial charge is 0.360 e. The Morgan fingerprint density at radius 1 is 1.00 bits per heavy atom. The molecule has 1 N–H and O–H groups in total. The first-order valence-electron chi connectivity index (χ1n) is 6.64. The van der Waals surface area contributed by atoms with E-state index in [2.05, 4.69) is 15.1 Å². The van der Waals surface area contributed by atoms with Crippen molar-refractivity contribution in [2.45, 2.75) is 13.3 Å². The maximum Gasteiger partial charge on any atom is 0.360 e. The van der Waals surface area contributed by atoms with Gasteiger partial charge in [0.2, 0.25) is 0 Å². The fourth-order valence-corrected chi connectivity index (χ4v) is 2.33. The molecule has 0 amide bonds. The molecule has 0 fully saturated rings. The van der Waals surface area contributed by atoms with Gasteiger partial charge in [-0.2, -0.15) is 0 Å². The SMILES string of the molecule is CC(=O)OOC(=O)Cc1ccccc1Nc1c(Cl)cccc1Cl. The third-order valence-electron chi connectivity index (χ3n) is 2.83. The predicted octanol–water partition coefficient (Wildman–Crippen LogP) is 4.30. The molecule has 23 heavy (non-hydrogen) atoms. The van der Waals surface area contributed by atoms with Crippen LogP contribution in [0.2, 0.25) is 10.0 Å². The topological polar surface area (TPSA) is 64.6 Å². The third-order valence-corrected chi connectivity index (χ3v) is 3.46. The van der Waals surface area contributed by atoms with Crippen molar-refractivity contribution in [2.75, 3.05) is 5.32 Å². The molecule has 0 unspecified atom stereocenters. The average Bonchev–Trinajstić information content (AvgIpc) is 2.50. The van der Waals surface area contributed by atoms with Crippen LogP contribution in [-0.4, -0.2) is 11.9 Å². The summed E-state index contributed by atoms with van der Waals surface area (Å²) in [7, 11) is 0. The molecule has 0 saturated heterocycles. The lowest BCUT2D eigenvalue weighted by atomic mass is 10.1. The Balaban J connectivity index is 2.18. The van der Waals surface area contributed by atoms with E-state index < -0.39 is 11.9 Å². The number of rotatable bonds is 4. The molecule has 0 spiro atoms. The molecule has 0 radical (unpaired) electrons. The molecule has 0 aliphatic carbocycles. The lowest BCUT2D eigenvalue weighted by Gasteiger charge is -2.13. The second-order valence-corrected chi connectivity index (χ2v) is 5.40. The maximum atomic E-state index is 11.7. The van der Waals surface area contributed by atoms with Gasteiger partial charge in [0, 0.05) is 12.6 Å². The summed E-state index contributed by atoms with van der Waals surface area (Å²) < 4.78 is 0. The van der Waals surface area contributed by atoms with Crippen LogP contribution in [0.4, 0.5) is 11.4 Å². The van der Waals surface area contributed by atoms with E-state index in [-0.39, 0.29) is 6.42 Å². The highest BCUT2D eigenvalue weighted by Gasteiger charge is 2.13. The van der Waals surface area contributed by atoms with E-state index in [0.717, 1.165) is 6.92 Å². The lowest BCUT2D eigenvalue weighted by molar-refractivity contribution is -0.256. The second-order valence-electron chi connectivity index (χ2n) is 4.59. The fourth-order valence-electron chi connectivity index (χ4n) is 1.84. The molecule has 2 aromatic rings. The van der Waals surface area contributed by atoms with Crippen LogP contribution in [0.5, 0.6) is 0 Å². The van der Waals surface area contributed by atoms with Gasteiger partial charge in [-0.1, -0.05) is 47.5 Å². The Morgan fingerprint density at radius 2 is 1.65 bits per heavy atom. The van der Waals surface area contributed by atoms with Gasteiger partial charge in [0.25, 0.3) is 0 Å². The molecule has 0 bridgehead atoms. The highest BCUT2D eigenvalue weighted by Crippen LogP contribution is 2.33. The van der Waals surface area contributed by atoms with Crippen molar-refractivity contribution >= 4 is 46.5 Å². The second kappa shape index (κ2) is 7.85. The van der Waals surface area contributed by atoms with Crippen LogP contribution in [0, 0.1) is 0 Å². The number of carbonyl (C=O) groups excluding carboxylic acids is 2. The molecule has 5 nitrogen and oxygen atoms in total. The van der Waals surface area contributed by atoms with Crippen LogP contribution in [0.1, 0.15) is 12.5 Å². The zero-order chi connectivity index (χ0) is 16.8. The number of anilines is 2. The van der Waals surface area contributed by atoms with Crippen molar-refractivity contribution in [3.8, 4) is 0 Å². The number of carbonyl (C=O) groups is 2. The molecule has 0 heterocycles. The van der Waals surface area contributed by atoms with Crippen LogP contribution >= 0.6 is 23.2 Å². The minimum atomic E-state index is -0.701. The number of nitrogens with one attached hydrogen (secondary N) is 1. The number of halogens is 2. The van der Waals surface area contributed by atoms with Gasteiger partial charge in [-0.15, -0.1) is 0 Å². The van der Waals surface area contributed by atoms with Gasteiger partial charge in [-0.05, 0) is 23.8 Å². The van der Waals surface area contributed by atoms with Crippen molar-refractivity contribution in [3.63, 3.8) is 0 Å². The summed E-state index contributed by atoms with van der Waals surface area (Å²) in [5.74, 6) is -1.40. The summed E-state index contributed by atoms with van der Waals surface area (Å²) in [6, 6.07) is 12.2. The van der Waals surface area contributed by atoms with Gasteiger partial charge in [0.15, 0.2) is 0 Å². The average molecular weight is 354 g/mol. The van der Waals surface area contributed by atoms with Gasteiger partial charge in [0.05, 0.1) is 22.2 Å². The lowest BCUT2D eigenvalue weighted by Crippen LogP contribution is -2.12. The van der Waals surface area contributed by atoms with E-state index in [4.69, 9.17) is 23.2 Å². The normalized spacial score (nSPS) is 10.0. The summed E-state index contributed by atoms with van der Waals surface area (Å²) in [5.41, 5.74) is 1.82. The zero-order valence-corrected chi connectivity index (χ0v) is 13.6. The maximum absolute atomic E-state index is 11.7. The highest BCUT2D eigenvalue weighted by atomic mass is 35.5. The molecule has 0 saturated carbocycles. The summed E-state index contributed by atoms with van der Waals surface area (Å²) in [6.07, 6.45) is -0.0848. The summed E-state index contributed by atoms with van der Waals surface area (Å²) in [4.78, 5) is 30.9. The Labute approximate surface area is 143 Å². The van der Waals surface area contributed by atoms with Gasteiger partial charge in [-0.25, -0.2) is 19.4 Å². The van der Waals surface area contributed by atoms with Crippen molar-refractivity contribution in [2.24, 2.45) is 0 Å². The first-order valence-corrected chi connectivity index (χ1v) is 7.40. The Morgan fingerprint density at radius 3 is 2.30 bits per heavy atom. The molecule has 0 aliphatic rings. The van der Waals surface area contributed by atoms with Crippen molar-refractivity contribution in [1.82, 2.24) is 0 Å². The zero-order valence-electron chi connectivity index (χ0n) is 12.1. The van der Waals surface area contributed by atoms with Gasteiger partial charge >= 0.3 is 11.9 Å². The molecule has 2 aromatic carbocycles. The standard InChI is InChI=1S/C16H13Cl2NO4/c1-10(20)22-23-15(21)9-11-5-2-3-8-14(11)19-16-12(17)6-4-7-13(16)18/h2-8,19H,9H2,1H3. The molecule has 2 rings (SSSR count). The third kappa shape index (κ3) is 4.87. The van der Waals surface area contributed by atoms with Crippen LogP contribution in [-0.2, 0) is 25.8 Å². The minimum Gasteiger partial charge on any atom is -0.353 e. The fraction of sp³-hybridized carbons (Fsp3) is 0.125. The van der Waals surface area contributed by atoms with E-state index in [1.54, 1.807) is 42.5 Å². The summed E-state index contributed by atoms with van der Waals surface area (Å²) in [6.45, 7) is 1.14. The van der Waals surface area contributed by atoms with Crippen molar-refractivity contribution in [1.29, 1.82) is 0 Å². The molecule has 0 aromatic heterocycles. The number of benzene rings is 2. The van der Waals surface area contributed by atoms with Crippen LogP contribution in [0.25, 0.3) is 0 Å². The van der Waals surface area contributed by atoms with Gasteiger partial charge < -0.3 is 5.32 Å². The van der Waals surface area contributed by atoms with Crippen molar-refractivity contribution < 1.29 is 19.4 Å². The van der Waals surface area contributed by atoms with Gasteiger partial charge in [-0.3, -0.25) is 0 Å². The Bertz CT molecular complexity index is 714. The Hall–Kier alpha value is -2.24. The number of hydrogen-bond acceptors (Lipinski definition) is 5. The number of hydrogen-bond donors (Lipinski definition) is 1. The van der Waals surface area contributed by atoms with Crippen LogP contribution < -0.4 is 5.32 Å². The number of para-hydroxylation sites is 2. The summed E-state index contributed by atoms with van der Waals surface area (Å²) in [5, 5.41) is 4.01. The quantitative estimate of drug-likeness (QED) is 0.655. The van der Waals surface area contributed by atoms with E-state index in [0.29, 0.717) is 27.0 Å². The molecular formula is C16H13Cl2NO4. The molecule has 0 aliphatic heterocycles. The Kier molecular flexibility index (Phi) is 5.84. The van der Waals surface area contributed by atoms with Crippen LogP contribution in [0.15, 0.2) is 42.5 Å². The summed E-state index contributed by atoms with van der Waals surface area (Å²) >= 11 is 12.3. The van der Waals surface area contributed by atoms with E-state index in [1.807, 2.05) is 0 Å². The first-order chi connectivity index (χ1) is 11.0. The monoisotopic (exact) mass is 353 g/mol. The molecule has 7 heteroatoms. The smallest absolute Gasteiger partial charge is 0.353 e. The van der Waals surface area contributed by atoms with E-state index in [9.17, 15) is 9.59 Å². The highest BCUT2D eigenvalue weighted by molar-refractivity contribution is 6.39. The minimum absolute atomic E-state index is 0.0848. The van der Waals surface area contributed by atoms with E-state index >= 15 is 0 Å². The van der Waals surface area contributed by atoms with Gasteiger partial charge in [0.1, 0.15) is 0 Å². The predicted molar refractivity (Wildman–Crippen MR) is 87.7 cm³/mol. The first kappa shape index (κ1) is 17.1. The molecule has 120 valence electrons.